The predicted molar refractivity (Wildman–Crippen MR) is 71.9 cm³/mol. The summed E-state index contributed by atoms with van der Waals surface area (Å²) in [6, 6.07) is 9.19. The molecule has 0 fully saturated rings. The molecule has 7 heteroatoms. The maximum atomic E-state index is 9.80. The van der Waals surface area contributed by atoms with Crippen LogP contribution in [0.2, 0.25) is 5.02 Å². The SMILES string of the molecule is N#Cc1ncn(CC(O)COCc2ccccc2Cl)n1. The van der Waals surface area contributed by atoms with E-state index in [0.717, 1.165) is 5.56 Å². The Bertz CT molecular complexity index is 608. The van der Waals surface area contributed by atoms with Crippen LogP contribution in [0.15, 0.2) is 30.6 Å². The number of nitrogens with zero attached hydrogens (tertiary/aromatic N) is 4. The molecule has 0 aliphatic carbocycles. The van der Waals surface area contributed by atoms with Gasteiger partial charge in [-0.15, -0.1) is 5.10 Å². The number of rotatable bonds is 6. The van der Waals surface area contributed by atoms with Crippen molar-refractivity contribution in [2.24, 2.45) is 0 Å². The average Bonchev–Trinajstić information content (AvgIpc) is 2.88. The highest BCUT2D eigenvalue weighted by molar-refractivity contribution is 6.31. The topological polar surface area (TPSA) is 84.0 Å². The van der Waals surface area contributed by atoms with Crippen molar-refractivity contribution in [3.8, 4) is 6.07 Å². The van der Waals surface area contributed by atoms with Crippen LogP contribution in [0.1, 0.15) is 11.4 Å². The second kappa shape index (κ2) is 7.01. The highest BCUT2D eigenvalue weighted by Crippen LogP contribution is 2.15. The molecule has 1 aromatic carbocycles. The third-order valence-electron chi connectivity index (χ3n) is 2.56. The van der Waals surface area contributed by atoms with Crippen LogP contribution in [0.3, 0.4) is 0 Å². The summed E-state index contributed by atoms with van der Waals surface area (Å²) >= 11 is 5.99. The molecule has 1 unspecified atom stereocenters. The molecule has 0 aliphatic rings. The molecule has 1 N–H and O–H groups in total. The molecule has 0 radical (unpaired) electrons. The van der Waals surface area contributed by atoms with E-state index >= 15 is 0 Å². The van der Waals surface area contributed by atoms with E-state index in [-0.39, 0.29) is 19.0 Å². The van der Waals surface area contributed by atoms with Gasteiger partial charge in [0.15, 0.2) is 0 Å². The molecule has 0 spiro atoms. The van der Waals surface area contributed by atoms with E-state index in [1.807, 2.05) is 24.3 Å². The van der Waals surface area contributed by atoms with Crippen molar-refractivity contribution in [1.82, 2.24) is 14.8 Å². The third-order valence-corrected chi connectivity index (χ3v) is 2.93. The third kappa shape index (κ3) is 4.03. The van der Waals surface area contributed by atoms with Gasteiger partial charge in [-0.1, -0.05) is 29.8 Å². The van der Waals surface area contributed by atoms with Gasteiger partial charge in [0.1, 0.15) is 12.4 Å². The molecular formula is C13H13ClN4O2. The Morgan fingerprint density at radius 1 is 1.45 bits per heavy atom. The summed E-state index contributed by atoms with van der Waals surface area (Å²) in [4.78, 5) is 3.75. The number of aromatic nitrogens is 3. The van der Waals surface area contributed by atoms with Crippen LogP contribution in [0, 0.1) is 11.3 Å². The Labute approximate surface area is 121 Å². The van der Waals surface area contributed by atoms with E-state index in [0.29, 0.717) is 11.6 Å². The van der Waals surface area contributed by atoms with E-state index in [9.17, 15) is 5.11 Å². The molecule has 1 atom stereocenters. The monoisotopic (exact) mass is 292 g/mol. The molecule has 0 saturated carbocycles. The molecule has 0 amide bonds. The van der Waals surface area contributed by atoms with Gasteiger partial charge in [-0.25, -0.2) is 9.67 Å². The van der Waals surface area contributed by atoms with Crippen LogP contribution >= 0.6 is 11.6 Å². The molecule has 0 aliphatic heterocycles. The van der Waals surface area contributed by atoms with Crippen LogP contribution in [-0.4, -0.2) is 32.6 Å². The van der Waals surface area contributed by atoms with Gasteiger partial charge in [0.05, 0.1) is 25.9 Å². The largest absolute Gasteiger partial charge is 0.389 e. The molecule has 0 saturated heterocycles. The number of benzene rings is 1. The average molecular weight is 293 g/mol. The van der Waals surface area contributed by atoms with Crippen LogP contribution < -0.4 is 0 Å². The number of aliphatic hydroxyl groups excluding tert-OH is 1. The smallest absolute Gasteiger partial charge is 0.252 e. The fourth-order valence-corrected chi connectivity index (χ4v) is 1.81. The van der Waals surface area contributed by atoms with Gasteiger partial charge in [-0.2, -0.15) is 5.26 Å². The van der Waals surface area contributed by atoms with Crippen LogP contribution in [0.5, 0.6) is 0 Å². The molecule has 20 heavy (non-hydrogen) atoms. The minimum atomic E-state index is -0.731. The van der Waals surface area contributed by atoms with Crippen molar-refractivity contribution in [2.75, 3.05) is 6.61 Å². The quantitative estimate of drug-likeness (QED) is 0.869. The predicted octanol–water partition coefficient (Wildman–Crippen LogP) is 1.38. The van der Waals surface area contributed by atoms with Crippen molar-refractivity contribution in [2.45, 2.75) is 19.3 Å². The van der Waals surface area contributed by atoms with Crippen molar-refractivity contribution in [3.63, 3.8) is 0 Å². The minimum Gasteiger partial charge on any atom is -0.389 e. The molecule has 6 nitrogen and oxygen atoms in total. The van der Waals surface area contributed by atoms with E-state index < -0.39 is 6.10 Å². The fourth-order valence-electron chi connectivity index (χ4n) is 1.62. The van der Waals surface area contributed by atoms with E-state index in [4.69, 9.17) is 21.6 Å². The lowest BCUT2D eigenvalue weighted by Gasteiger charge is -2.11. The molecule has 104 valence electrons. The summed E-state index contributed by atoms with van der Waals surface area (Å²) in [7, 11) is 0. The summed E-state index contributed by atoms with van der Waals surface area (Å²) in [5.74, 6) is 0.0779. The van der Waals surface area contributed by atoms with Crippen molar-refractivity contribution >= 4 is 11.6 Å². The standard InChI is InChI=1S/C13H13ClN4O2/c14-12-4-2-1-3-10(12)7-20-8-11(19)6-18-9-16-13(5-15)17-18/h1-4,9,11,19H,6-8H2. The zero-order valence-electron chi connectivity index (χ0n) is 10.6. The summed E-state index contributed by atoms with van der Waals surface area (Å²) in [5.41, 5.74) is 0.869. The molecule has 1 heterocycles. The normalized spacial score (nSPS) is 12.1. The highest BCUT2D eigenvalue weighted by Gasteiger charge is 2.08. The zero-order chi connectivity index (χ0) is 14.4. The van der Waals surface area contributed by atoms with Crippen LogP contribution in [0.4, 0.5) is 0 Å². The maximum absolute atomic E-state index is 9.80. The number of ether oxygens (including phenoxy) is 1. The molecule has 0 bridgehead atoms. The number of hydrogen-bond acceptors (Lipinski definition) is 5. The number of nitriles is 1. The summed E-state index contributed by atoms with van der Waals surface area (Å²) < 4.78 is 6.81. The highest BCUT2D eigenvalue weighted by atomic mass is 35.5. The Morgan fingerprint density at radius 3 is 2.95 bits per heavy atom. The molecule has 1 aromatic heterocycles. The van der Waals surface area contributed by atoms with Gasteiger partial charge in [0.25, 0.3) is 5.82 Å². The Hall–Kier alpha value is -1.94. The first-order valence-corrected chi connectivity index (χ1v) is 6.35. The minimum absolute atomic E-state index is 0.0779. The number of halogens is 1. The Morgan fingerprint density at radius 2 is 2.25 bits per heavy atom. The van der Waals surface area contributed by atoms with E-state index in [1.165, 1.54) is 11.0 Å². The van der Waals surface area contributed by atoms with Crippen molar-refractivity contribution in [3.05, 3.63) is 47.0 Å². The summed E-state index contributed by atoms with van der Waals surface area (Å²) in [6.45, 7) is 0.696. The van der Waals surface area contributed by atoms with Crippen LogP contribution in [-0.2, 0) is 17.9 Å². The van der Waals surface area contributed by atoms with Gasteiger partial charge in [0, 0.05) is 5.02 Å². The molecule has 2 aromatic rings. The first-order chi connectivity index (χ1) is 9.69. The van der Waals surface area contributed by atoms with Gasteiger partial charge >= 0.3 is 0 Å². The van der Waals surface area contributed by atoms with Crippen molar-refractivity contribution in [1.29, 1.82) is 5.26 Å². The van der Waals surface area contributed by atoms with Gasteiger partial charge in [0.2, 0.25) is 0 Å². The van der Waals surface area contributed by atoms with Gasteiger partial charge < -0.3 is 9.84 Å². The van der Waals surface area contributed by atoms with Gasteiger partial charge in [-0.3, -0.25) is 0 Å². The summed E-state index contributed by atoms with van der Waals surface area (Å²) in [5, 5.41) is 22.9. The van der Waals surface area contributed by atoms with Crippen molar-refractivity contribution < 1.29 is 9.84 Å². The zero-order valence-corrected chi connectivity index (χ0v) is 11.4. The molecule has 2 rings (SSSR count). The van der Waals surface area contributed by atoms with E-state index in [1.54, 1.807) is 6.07 Å². The Kier molecular flexibility index (Phi) is 5.07. The van der Waals surface area contributed by atoms with Crippen LogP contribution in [0.25, 0.3) is 0 Å². The second-order valence-corrected chi connectivity index (χ2v) is 4.57. The number of aliphatic hydroxyl groups is 1. The first kappa shape index (κ1) is 14.5. The number of hydrogen-bond donors (Lipinski definition) is 1. The lowest BCUT2D eigenvalue weighted by atomic mass is 10.2. The Balaban J connectivity index is 1.77. The van der Waals surface area contributed by atoms with E-state index in [2.05, 4.69) is 10.1 Å². The molecular weight excluding hydrogens is 280 g/mol. The summed E-state index contributed by atoms with van der Waals surface area (Å²) in [6.07, 6.45) is 0.668. The van der Waals surface area contributed by atoms with Gasteiger partial charge in [-0.05, 0) is 11.6 Å². The second-order valence-electron chi connectivity index (χ2n) is 4.16. The lowest BCUT2D eigenvalue weighted by molar-refractivity contribution is 0.0187. The first-order valence-electron chi connectivity index (χ1n) is 5.98. The maximum Gasteiger partial charge on any atom is 0.252 e. The fraction of sp³-hybridized carbons (Fsp3) is 0.308. The lowest BCUT2D eigenvalue weighted by Crippen LogP contribution is -2.22.